The van der Waals surface area contributed by atoms with Gasteiger partial charge in [-0.15, -0.1) is 0 Å². The molecule has 0 atom stereocenters. The number of carbonyl (C=O) groups is 1. The van der Waals surface area contributed by atoms with Gasteiger partial charge in [-0.1, -0.05) is 0 Å². The van der Waals surface area contributed by atoms with E-state index >= 15 is 0 Å². The van der Waals surface area contributed by atoms with E-state index in [2.05, 4.69) is 4.98 Å². The summed E-state index contributed by atoms with van der Waals surface area (Å²) in [6.07, 6.45) is 4.31. The second kappa shape index (κ2) is 4.57. The Kier molecular flexibility index (Phi) is 3.14. The number of aliphatic hydroxyl groups is 1. The van der Waals surface area contributed by atoms with Gasteiger partial charge >= 0.3 is 0 Å². The van der Waals surface area contributed by atoms with Crippen LogP contribution in [-0.2, 0) is 0 Å². The van der Waals surface area contributed by atoms with Crippen molar-refractivity contribution in [3.63, 3.8) is 0 Å². The van der Waals surface area contributed by atoms with Crippen LogP contribution in [-0.4, -0.2) is 40.1 Å². The highest BCUT2D eigenvalue weighted by Crippen LogP contribution is 2.27. The fraction of sp³-hybridized carbons (Fsp3) is 0.455. The van der Waals surface area contributed by atoms with Crippen molar-refractivity contribution in [3.8, 4) is 0 Å². The summed E-state index contributed by atoms with van der Waals surface area (Å²) in [6, 6.07) is 1.37. The molecule has 1 amide bonds. The van der Waals surface area contributed by atoms with Gasteiger partial charge in [-0.3, -0.25) is 9.78 Å². The van der Waals surface area contributed by atoms with E-state index in [1.165, 1.54) is 12.3 Å². The Morgan fingerprint density at radius 1 is 1.56 bits per heavy atom. The molecule has 1 aliphatic carbocycles. The van der Waals surface area contributed by atoms with Crippen molar-refractivity contribution in [2.45, 2.75) is 18.9 Å². The molecular formula is C11H13FN2O2. The molecule has 0 aliphatic heterocycles. The van der Waals surface area contributed by atoms with Crippen molar-refractivity contribution in [1.29, 1.82) is 0 Å². The quantitative estimate of drug-likeness (QED) is 0.823. The second-order valence-corrected chi connectivity index (χ2v) is 3.85. The summed E-state index contributed by atoms with van der Waals surface area (Å²) in [4.78, 5) is 17.2. The molecule has 0 unspecified atom stereocenters. The number of aliphatic hydroxyl groups excluding tert-OH is 1. The van der Waals surface area contributed by atoms with E-state index in [0.717, 1.165) is 19.0 Å². The van der Waals surface area contributed by atoms with Crippen LogP contribution >= 0.6 is 0 Å². The summed E-state index contributed by atoms with van der Waals surface area (Å²) in [7, 11) is 0. The molecule has 1 aliphatic rings. The summed E-state index contributed by atoms with van der Waals surface area (Å²) in [5.74, 6) is -0.783. The minimum Gasteiger partial charge on any atom is -0.395 e. The van der Waals surface area contributed by atoms with Crippen molar-refractivity contribution in [2.75, 3.05) is 13.2 Å². The summed E-state index contributed by atoms with van der Waals surface area (Å²) < 4.78 is 12.9. The van der Waals surface area contributed by atoms with Crippen molar-refractivity contribution in [1.82, 2.24) is 9.88 Å². The topological polar surface area (TPSA) is 53.4 Å². The number of hydrogen-bond acceptors (Lipinski definition) is 3. The van der Waals surface area contributed by atoms with Gasteiger partial charge in [0.2, 0.25) is 0 Å². The fourth-order valence-electron chi connectivity index (χ4n) is 1.64. The van der Waals surface area contributed by atoms with Gasteiger partial charge in [0.05, 0.1) is 18.4 Å². The Labute approximate surface area is 92.7 Å². The Bertz CT molecular complexity index is 393. The SMILES string of the molecule is O=C(c1cncc(F)c1)N(CCO)C1CC1. The van der Waals surface area contributed by atoms with Crippen LogP contribution in [0.5, 0.6) is 0 Å². The first kappa shape index (κ1) is 11.0. The first-order chi connectivity index (χ1) is 7.72. The minimum atomic E-state index is -0.523. The molecule has 0 aromatic carbocycles. The van der Waals surface area contributed by atoms with Crippen LogP contribution in [0.4, 0.5) is 4.39 Å². The molecule has 5 heteroatoms. The third kappa shape index (κ3) is 2.36. The van der Waals surface area contributed by atoms with E-state index in [0.29, 0.717) is 6.54 Å². The highest BCUT2D eigenvalue weighted by molar-refractivity contribution is 5.94. The maximum absolute atomic E-state index is 12.9. The average molecular weight is 224 g/mol. The molecule has 0 radical (unpaired) electrons. The molecule has 1 aromatic rings. The van der Waals surface area contributed by atoms with Gasteiger partial charge in [-0.2, -0.15) is 0 Å². The molecule has 1 saturated carbocycles. The monoisotopic (exact) mass is 224 g/mol. The maximum Gasteiger partial charge on any atom is 0.255 e. The molecule has 0 saturated heterocycles. The van der Waals surface area contributed by atoms with Gasteiger partial charge in [-0.05, 0) is 18.9 Å². The van der Waals surface area contributed by atoms with Crippen molar-refractivity contribution >= 4 is 5.91 Å². The van der Waals surface area contributed by atoms with Crippen LogP contribution in [0.25, 0.3) is 0 Å². The van der Waals surface area contributed by atoms with Crippen LogP contribution < -0.4 is 0 Å². The lowest BCUT2D eigenvalue weighted by atomic mass is 10.2. The van der Waals surface area contributed by atoms with E-state index in [-0.39, 0.29) is 24.1 Å². The summed E-state index contributed by atoms with van der Waals surface area (Å²) >= 11 is 0. The molecular weight excluding hydrogens is 211 g/mol. The number of halogens is 1. The average Bonchev–Trinajstić information content (AvgIpc) is 3.09. The first-order valence-electron chi connectivity index (χ1n) is 5.24. The summed E-state index contributed by atoms with van der Waals surface area (Å²) in [5, 5.41) is 8.88. The lowest BCUT2D eigenvalue weighted by molar-refractivity contribution is 0.0706. The molecule has 4 nitrogen and oxygen atoms in total. The Hall–Kier alpha value is -1.49. The lowest BCUT2D eigenvalue weighted by Gasteiger charge is -2.21. The first-order valence-corrected chi connectivity index (χ1v) is 5.24. The zero-order valence-electron chi connectivity index (χ0n) is 8.77. The van der Waals surface area contributed by atoms with Gasteiger partial charge in [0.1, 0.15) is 5.82 Å². The lowest BCUT2D eigenvalue weighted by Crippen LogP contribution is -2.35. The number of nitrogens with zero attached hydrogens (tertiary/aromatic N) is 2. The summed E-state index contributed by atoms with van der Waals surface area (Å²) in [6.45, 7) is 0.213. The normalized spacial score (nSPS) is 14.9. The Morgan fingerprint density at radius 2 is 2.31 bits per heavy atom. The molecule has 1 aromatic heterocycles. The predicted molar refractivity (Wildman–Crippen MR) is 55.3 cm³/mol. The summed E-state index contributed by atoms with van der Waals surface area (Å²) in [5.41, 5.74) is 0.236. The van der Waals surface area contributed by atoms with Crippen LogP contribution in [0.1, 0.15) is 23.2 Å². The number of amides is 1. The molecule has 86 valence electrons. The van der Waals surface area contributed by atoms with E-state index < -0.39 is 5.82 Å². The molecule has 1 N–H and O–H groups in total. The van der Waals surface area contributed by atoms with Gasteiger partial charge in [0.25, 0.3) is 5.91 Å². The van der Waals surface area contributed by atoms with Crippen LogP contribution in [0.2, 0.25) is 0 Å². The highest BCUT2D eigenvalue weighted by atomic mass is 19.1. The molecule has 1 fully saturated rings. The van der Waals surface area contributed by atoms with Gasteiger partial charge in [-0.25, -0.2) is 4.39 Å². The Balaban J connectivity index is 2.15. The second-order valence-electron chi connectivity index (χ2n) is 3.85. The van der Waals surface area contributed by atoms with Crippen molar-refractivity contribution < 1.29 is 14.3 Å². The number of carbonyl (C=O) groups excluding carboxylic acids is 1. The smallest absolute Gasteiger partial charge is 0.255 e. The van der Waals surface area contributed by atoms with E-state index in [4.69, 9.17) is 5.11 Å². The molecule has 2 rings (SSSR count). The largest absolute Gasteiger partial charge is 0.395 e. The van der Waals surface area contributed by atoms with Crippen molar-refractivity contribution in [2.24, 2.45) is 0 Å². The van der Waals surface area contributed by atoms with E-state index in [9.17, 15) is 9.18 Å². The minimum absolute atomic E-state index is 0.0784. The fourth-order valence-corrected chi connectivity index (χ4v) is 1.64. The number of hydrogen-bond donors (Lipinski definition) is 1. The zero-order chi connectivity index (χ0) is 11.5. The zero-order valence-corrected chi connectivity index (χ0v) is 8.77. The van der Waals surface area contributed by atoms with Gasteiger partial charge in [0, 0.05) is 18.8 Å². The standard InChI is InChI=1S/C11H13FN2O2/c12-9-5-8(6-13-7-9)11(16)14(3-4-15)10-1-2-10/h5-7,10,15H,1-4H2. The Morgan fingerprint density at radius 3 is 2.88 bits per heavy atom. The van der Waals surface area contributed by atoms with Gasteiger partial charge < -0.3 is 10.0 Å². The highest BCUT2D eigenvalue weighted by Gasteiger charge is 2.32. The van der Waals surface area contributed by atoms with Gasteiger partial charge in [0.15, 0.2) is 0 Å². The number of rotatable bonds is 4. The molecule has 0 spiro atoms. The molecule has 1 heterocycles. The van der Waals surface area contributed by atoms with Crippen molar-refractivity contribution in [3.05, 3.63) is 29.8 Å². The third-order valence-corrected chi connectivity index (χ3v) is 2.54. The predicted octanol–water partition coefficient (Wildman–Crippen LogP) is 0.818. The molecule has 0 bridgehead atoms. The maximum atomic E-state index is 12.9. The number of aromatic nitrogens is 1. The van der Waals surface area contributed by atoms with Crippen LogP contribution in [0.15, 0.2) is 18.5 Å². The van der Waals surface area contributed by atoms with E-state index in [1.807, 2.05) is 0 Å². The van der Waals surface area contributed by atoms with E-state index in [1.54, 1.807) is 4.90 Å². The third-order valence-electron chi connectivity index (χ3n) is 2.54. The number of pyridine rings is 1. The molecule has 16 heavy (non-hydrogen) atoms. The van der Waals surface area contributed by atoms with Crippen LogP contribution in [0, 0.1) is 5.82 Å². The van der Waals surface area contributed by atoms with Crippen LogP contribution in [0.3, 0.4) is 0 Å².